The van der Waals surface area contributed by atoms with Crippen LogP contribution in [0.4, 0.5) is 5.69 Å². The smallest absolute Gasteiger partial charge is 0.282 e. The normalized spacial score (nSPS) is 22.9. The summed E-state index contributed by atoms with van der Waals surface area (Å²) in [6.45, 7) is 0.713. The van der Waals surface area contributed by atoms with E-state index in [2.05, 4.69) is 26.3 Å². The lowest BCUT2D eigenvalue weighted by Crippen LogP contribution is -2.30. The fourth-order valence-corrected chi connectivity index (χ4v) is 2.87. The molecule has 102 valence electrons. The van der Waals surface area contributed by atoms with Crippen LogP contribution in [0, 0.1) is 0 Å². The van der Waals surface area contributed by atoms with Gasteiger partial charge in [0.05, 0.1) is 17.9 Å². The second kappa shape index (κ2) is 4.63. The van der Waals surface area contributed by atoms with Crippen molar-refractivity contribution in [2.45, 2.75) is 31.3 Å². The van der Waals surface area contributed by atoms with Crippen molar-refractivity contribution in [3.63, 3.8) is 0 Å². The highest BCUT2D eigenvalue weighted by Gasteiger charge is 2.39. The Morgan fingerprint density at radius 1 is 1.42 bits per heavy atom. The monoisotopic (exact) mass is 326 g/mol. The van der Waals surface area contributed by atoms with Crippen molar-refractivity contribution in [1.29, 1.82) is 0 Å². The van der Waals surface area contributed by atoms with Gasteiger partial charge in [0.25, 0.3) is 5.56 Å². The third-order valence-electron chi connectivity index (χ3n) is 3.58. The van der Waals surface area contributed by atoms with Crippen LogP contribution in [0.5, 0.6) is 0 Å². The van der Waals surface area contributed by atoms with Crippen molar-refractivity contribution < 1.29 is 4.79 Å². The largest absolute Gasteiger partial charge is 0.378 e. The maximum absolute atomic E-state index is 11.9. The van der Waals surface area contributed by atoms with Gasteiger partial charge in [-0.1, -0.05) is 0 Å². The summed E-state index contributed by atoms with van der Waals surface area (Å²) in [6, 6.07) is 0.503. The molecule has 0 radical (unpaired) electrons. The zero-order valence-corrected chi connectivity index (χ0v) is 12.2. The third kappa shape index (κ3) is 2.39. The van der Waals surface area contributed by atoms with Gasteiger partial charge < -0.3 is 10.2 Å². The molecule has 1 amide bonds. The highest BCUT2D eigenvalue weighted by atomic mass is 79.9. The molecule has 7 heteroatoms. The van der Waals surface area contributed by atoms with Crippen molar-refractivity contribution in [3.05, 3.63) is 21.0 Å². The molecule has 2 aliphatic rings. The minimum atomic E-state index is -0.187. The molecule has 19 heavy (non-hydrogen) atoms. The SMILES string of the molecule is Cn1ncc(NC2CC(=O)N(C3CC3)C2)c(Br)c1=O. The fourth-order valence-electron chi connectivity index (χ4n) is 2.40. The Bertz CT molecular complexity index is 582. The Hall–Kier alpha value is -1.37. The molecule has 0 aromatic carbocycles. The Labute approximate surface area is 118 Å². The Kier molecular flexibility index (Phi) is 3.08. The molecule has 2 fully saturated rings. The molecule has 1 saturated carbocycles. The molecule has 1 aromatic rings. The van der Waals surface area contributed by atoms with Crippen LogP contribution in [0.15, 0.2) is 15.5 Å². The van der Waals surface area contributed by atoms with E-state index in [1.54, 1.807) is 13.2 Å². The lowest BCUT2D eigenvalue weighted by Gasteiger charge is -2.17. The summed E-state index contributed by atoms with van der Waals surface area (Å²) in [5.41, 5.74) is 0.465. The third-order valence-corrected chi connectivity index (χ3v) is 4.35. The number of carbonyl (C=O) groups excluding carboxylic acids is 1. The number of amides is 1. The number of hydrogen-bond donors (Lipinski definition) is 1. The first-order valence-corrected chi connectivity index (χ1v) is 7.13. The Morgan fingerprint density at radius 3 is 2.84 bits per heavy atom. The molecular formula is C12H15BrN4O2. The van der Waals surface area contributed by atoms with E-state index in [9.17, 15) is 9.59 Å². The van der Waals surface area contributed by atoms with E-state index in [4.69, 9.17) is 0 Å². The second-order valence-electron chi connectivity index (χ2n) is 5.12. The van der Waals surface area contributed by atoms with Gasteiger partial charge in [-0.3, -0.25) is 9.59 Å². The molecule has 1 aromatic heterocycles. The number of nitrogens with one attached hydrogen (secondary N) is 1. The van der Waals surface area contributed by atoms with E-state index in [1.165, 1.54) is 4.68 Å². The molecular weight excluding hydrogens is 312 g/mol. The van der Waals surface area contributed by atoms with Crippen molar-refractivity contribution in [2.24, 2.45) is 7.05 Å². The van der Waals surface area contributed by atoms with Gasteiger partial charge in [-0.05, 0) is 28.8 Å². The van der Waals surface area contributed by atoms with Crippen molar-refractivity contribution in [3.8, 4) is 0 Å². The lowest BCUT2D eigenvalue weighted by molar-refractivity contribution is -0.128. The quantitative estimate of drug-likeness (QED) is 0.888. The van der Waals surface area contributed by atoms with Crippen molar-refractivity contribution in [1.82, 2.24) is 14.7 Å². The molecule has 0 spiro atoms. The van der Waals surface area contributed by atoms with Crippen molar-refractivity contribution in [2.75, 3.05) is 11.9 Å². The van der Waals surface area contributed by atoms with Gasteiger partial charge in [0.2, 0.25) is 5.91 Å². The molecule has 6 nitrogen and oxygen atoms in total. The summed E-state index contributed by atoms with van der Waals surface area (Å²) in [5.74, 6) is 0.202. The number of likely N-dealkylation sites (tertiary alicyclic amines) is 1. The number of aryl methyl sites for hydroxylation is 1. The van der Waals surface area contributed by atoms with E-state index < -0.39 is 0 Å². The van der Waals surface area contributed by atoms with Gasteiger partial charge in [0, 0.05) is 26.1 Å². The molecule has 1 unspecified atom stereocenters. The molecule has 0 bridgehead atoms. The number of nitrogens with zero attached hydrogens (tertiary/aromatic N) is 3. The molecule has 1 saturated heterocycles. The molecule has 1 N–H and O–H groups in total. The first-order valence-electron chi connectivity index (χ1n) is 6.34. The zero-order chi connectivity index (χ0) is 13.6. The van der Waals surface area contributed by atoms with Crippen LogP contribution in [0.25, 0.3) is 0 Å². The summed E-state index contributed by atoms with van der Waals surface area (Å²) in [6.07, 6.45) is 4.33. The maximum Gasteiger partial charge on any atom is 0.282 e. The summed E-state index contributed by atoms with van der Waals surface area (Å²) in [5, 5.41) is 7.22. The number of hydrogen-bond acceptors (Lipinski definition) is 4. The van der Waals surface area contributed by atoms with Crippen LogP contribution in [-0.2, 0) is 11.8 Å². The van der Waals surface area contributed by atoms with E-state index in [0.29, 0.717) is 29.2 Å². The van der Waals surface area contributed by atoms with E-state index in [1.807, 2.05) is 4.90 Å². The molecule has 3 rings (SSSR count). The van der Waals surface area contributed by atoms with E-state index in [0.717, 1.165) is 12.8 Å². The van der Waals surface area contributed by atoms with E-state index in [-0.39, 0.29) is 17.5 Å². The first-order chi connectivity index (χ1) is 9.06. The predicted octanol–water partition coefficient (Wildman–Crippen LogP) is 0.718. The number of carbonyl (C=O) groups is 1. The Morgan fingerprint density at radius 2 is 2.16 bits per heavy atom. The van der Waals surface area contributed by atoms with E-state index >= 15 is 0 Å². The van der Waals surface area contributed by atoms with Crippen molar-refractivity contribution >= 4 is 27.5 Å². The van der Waals surface area contributed by atoms with Gasteiger partial charge in [-0.25, -0.2) is 4.68 Å². The number of aromatic nitrogens is 2. The standard InChI is InChI=1S/C12H15BrN4O2/c1-16-12(19)11(13)9(5-14-16)15-7-4-10(18)17(6-7)8-2-3-8/h5,7-8,15H,2-4,6H2,1H3. The molecule has 1 atom stereocenters. The minimum Gasteiger partial charge on any atom is -0.378 e. The Balaban J connectivity index is 1.74. The van der Waals surface area contributed by atoms with Gasteiger partial charge in [0.1, 0.15) is 4.47 Å². The van der Waals surface area contributed by atoms with Crippen LogP contribution in [0.2, 0.25) is 0 Å². The first kappa shape index (κ1) is 12.7. The van der Waals surface area contributed by atoms with Crippen LogP contribution in [0.1, 0.15) is 19.3 Å². The van der Waals surface area contributed by atoms with Gasteiger partial charge in [0.15, 0.2) is 0 Å². The van der Waals surface area contributed by atoms with Crippen LogP contribution < -0.4 is 10.9 Å². The summed E-state index contributed by atoms with van der Waals surface area (Å²) >= 11 is 3.28. The molecule has 1 aliphatic heterocycles. The second-order valence-corrected chi connectivity index (χ2v) is 5.92. The number of rotatable bonds is 3. The van der Waals surface area contributed by atoms with Gasteiger partial charge >= 0.3 is 0 Å². The minimum absolute atomic E-state index is 0.0540. The number of halogens is 1. The topological polar surface area (TPSA) is 67.2 Å². The fraction of sp³-hybridized carbons (Fsp3) is 0.583. The molecule has 2 heterocycles. The lowest BCUT2D eigenvalue weighted by atomic mass is 10.2. The summed E-state index contributed by atoms with van der Waals surface area (Å²) in [4.78, 5) is 25.5. The molecule has 1 aliphatic carbocycles. The van der Waals surface area contributed by atoms with Crippen LogP contribution >= 0.6 is 15.9 Å². The predicted molar refractivity (Wildman–Crippen MR) is 73.9 cm³/mol. The van der Waals surface area contributed by atoms with Gasteiger partial charge in [-0.15, -0.1) is 0 Å². The average molecular weight is 327 g/mol. The average Bonchev–Trinajstić information content (AvgIpc) is 3.15. The highest BCUT2D eigenvalue weighted by molar-refractivity contribution is 9.10. The van der Waals surface area contributed by atoms with Crippen LogP contribution in [0.3, 0.4) is 0 Å². The summed E-state index contributed by atoms with van der Waals surface area (Å²) < 4.78 is 1.73. The highest BCUT2D eigenvalue weighted by Crippen LogP contribution is 2.31. The number of anilines is 1. The zero-order valence-electron chi connectivity index (χ0n) is 10.6. The van der Waals surface area contributed by atoms with Crippen LogP contribution in [-0.4, -0.2) is 39.2 Å². The maximum atomic E-state index is 11.9. The van der Waals surface area contributed by atoms with Gasteiger partial charge in [-0.2, -0.15) is 5.10 Å². The summed E-state index contributed by atoms with van der Waals surface area (Å²) in [7, 11) is 1.60.